The lowest BCUT2D eigenvalue weighted by molar-refractivity contribution is 1.34. The minimum absolute atomic E-state index is 0.730. The number of fused-ring (bicyclic) bond motifs is 1. The van der Waals surface area contributed by atoms with Gasteiger partial charge < -0.3 is 10.7 Å². The molecule has 0 radical (unpaired) electrons. The summed E-state index contributed by atoms with van der Waals surface area (Å²) in [7, 11) is 0. The van der Waals surface area contributed by atoms with Crippen LogP contribution in [0.3, 0.4) is 0 Å². The molecule has 56 valence electrons. The van der Waals surface area contributed by atoms with E-state index in [0.29, 0.717) is 0 Å². The minimum atomic E-state index is 0.730. The number of imidazole rings is 1. The second kappa shape index (κ2) is 2.23. The van der Waals surface area contributed by atoms with Crippen molar-refractivity contribution in [3.05, 3.63) is 22.9 Å². The average Bonchev–Trinajstić information content (AvgIpc) is 2.34. The molecular weight excluding hydrogens is 206 g/mol. The number of halogens is 1. The maximum Gasteiger partial charge on any atom is 0.103 e. The minimum Gasteiger partial charge on any atom is -0.399 e. The van der Waals surface area contributed by atoms with Crippen molar-refractivity contribution in [3.8, 4) is 0 Å². The molecule has 0 fully saturated rings. The predicted octanol–water partition coefficient (Wildman–Crippen LogP) is 1.91. The lowest BCUT2D eigenvalue weighted by atomic mass is 10.3. The Bertz CT molecular complexity index is 393. The van der Waals surface area contributed by atoms with Gasteiger partial charge in [-0.3, -0.25) is 0 Å². The normalized spacial score (nSPS) is 10.6. The van der Waals surface area contributed by atoms with Crippen LogP contribution < -0.4 is 5.73 Å². The van der Waals surface area contributed by atoms with Crippen LogP contribution >= 0.6 is 15.9 Å². The zero-order valence-electron chi connectivity index (χ0n) is 5.63. The molecule has 0 aliphatic heterocycles. The number of nitrogens with one attached hydrogen (secondary N) is 1. The second-order valence-electron chi connectivity index (χ2n) is 2.30. The lowest BCUT2D eigenvalue weighted by Gasteiger charge is -1.94. The van der Waals surface area contributed by atoms with Gasteiger partial charge in [0.1, 0.15) is 5.52 Å². The van der Waals surface area contributed by atoms with Crippen molar-refractivity contribution in [2.24, 2.45) is 0 Å². The highest BCUT2D eigenvalue weighted by molar-refractivity contribution is 9.10. The topological polar surface area (TPSA) is 54.7 Å². The summed E-state index contributed by atoms with van der Waals surface area (Å²) >= 11 is 3.36. The van der Waals surface area contributed by atoms with E-state index in [1.165, 1.54) is 0 Å². The summed E-state index contributed by atoms with van der Waals surface area (Å²) in [6.45, 7) is 0. The smallest absolute Gasteiger partial charge is 0.103 e. The first-order valence-corrected chi connectivity index (χ1v) is 3.95. The van der Waals surface area contributed by atoms with E-state index in [1.807, 2.05) is 12.1 Å². The van der Waals surface area contributed by atoms with Gasteiger partial charge in [-0.2, -0.15) is 0 Å². The summed E-state index contributed by atoms with van der Waals surface area (Å²) in [5.74, 6) is 0. The Balaban J connectivity index is 2.91. The summed E-state index contributed by atoms with van der Waals surface area (Å²) in [5, 5.41) is 0. The second-order valence-corrected chi connectivity index (χ2v) is 3.16. The van der Waals surface area contributed by atoms with Gasteiger partial charge in [0.05, 0.1) is 11.8 Å². The van der Waals surface area contributed by atoms with Crippen molar-refractivity contribution in [1.29, 1.82) is 0 Å². The van der Waals surface area contributed by atoms with E-state index >= 15 is 0 Å². The highest BCUT2D eigenvalue weighted by Gasteiger charge is 2.00. The molecule has 2 rings (SSSR count). The van der Waals surface area contributed by atoms with Crippen LogP contribution in [0.15, 0.2) is 22.9 Å². The third-order valence-corrected chi connectivity index (χ3v) is 2.10. The van der Waals surface area contributed by atoms with Gasteiger partial charge >= 0.3 is 0 Å². The first kappa shape index (κ1) is 6.67. The van der Waals surface area contributed by atoms with Gasteiger partial charge in [-0.15, -0.1) is 0 Å². The van der Waals surface area contributed by atoms with E-state index in [-0.39, 0.29) is 0 Å². The molecule has 2 aromatic rings. The fourth-order valence-corrected chi connectivity index (χ4v) is 1.61. The largest absolute Gasteiger partial charge is 0.399 e. The van der Waals surface area contributed by atoms with Crippen LogP contribution in [0.4, 0.5) is 5.69 Å². The number of aromatic nitrogens is 2. The molecule has 3 nitrogen and oxygen atoms in total. The van der Waals surface area contributed by atoms with Gasteiger partial charge in [-0.05, 0) is 28.1 Å². The molecular formula is C7H6BrN3. The monoisotopic (exact) mass is 211 g/mol. The highest BCUT2D eigenvalue weighted by Crippen LogP contribution is 2.23. The third kappa shape index (κ3) is 0.991. The first-order chi connectivity index (χ1) is 5.27. The van der Waals surface area contributed by atoms with Gasteiger partial charge in [0.15, 0.2) is 0 Å². The van der Waals surface area contributed by atoms with E-state index in [4.69, 9.17) is 5.73 Å². The molecule has 0 aliphatic carbocycles. The molecule has 0 saturated heterocycles. The summed E-state index contributed by atoms with van der Waals surface area (Å²) < 4.78 is 0.925. The van der Waals surface area contributed by atoms with Crippen molar-refractivity contribution >= 4 is 32.7 Å². The third-order valence-electron chi connectivity index (χ3n) is 1.50. The Hall–Kier alpha value is -1.03. The Labute approximate surface area is 71.7 Å². The summed E-state index contributed by atoms with van der Waals surface area (Å²) in [6.07, 6.45) is 1.65. The molecule has 0 bridgehead atoms. The van der Waals surface area contributed by atoms with E-state index in [0.717, 1.165) is 21.2 Å². The molecule has 0 spiro atoms. The van der Waals surface area contributed by atoms with Crippen LogP contribution in [-0.4, -0.2) is 9.97 Å². The van der Waals surface area contributed by atoms with E-state index < -0.39 is 0 Å². The summed E-state index contributed by atoms with van der Waals surface area (Å²) in [5.41, 5.74) is 8.21. The van der Waals surface area contributed by atoms with Gasteiger partial charge in [-0.25, -0.2) is 4.98 Å². The van der Waals surface area contributed by atoms with Gasteiger partial charge in [0, 0.05) is 10.2 Å². The summed E-state index contributed by atoms with van der Waals surface area (Å²) in [6, 6.07) is 3.69. The van der Waals surface area contributed by atoms with Gasteiger partial charge in [0.2, 0.25) is 0 Å². The zero-order chi connectivity index (χ0) is 7.84. The fourth-order valence-electron chi connectivity index (χ4n) is 1.03. The first-order valence-electron chi connectivity index (χ1n) is 3.15. The van der Waals surface area contributed by atoms with Gasteiger partial charge in [0.25, 0.3) is 0 Å². The molecule has 11 heavy (non-hydrogen) atoms. The molecule has 0 aliphatic rings. The van der Waals surface area contributed by atoms with Crippen molar-refractivity contribution in [2.45, 2.75) is 0 Å². The number of aromatic amines is 1. The van der Waals surface area contributed by atoms with Crippen LogP contribution in [-0.2, 0) is 0 Å². The van der Waals surface area contributed by atoms with Crippen LogP contribution in [0.1, 0.15) is 0 Å². The lowest BCUT2D eigenvalue weighted by Crippen LogP contribution is -1.84. The fraction of sp³-hybridized carbons (Fsp3) is 0. The number of hydrogen-bond donors (Lipinski definition) is 2. The Morgan fingerprint density at radius 3 is 3.09 bits per heavy atom. The molecule has 1 aromatic carbocycles. The van der Waals surface area contributed by atoms with Crippen molar-refractivity contribution in [2.75, 3.05) is 5.73 Å². The Morgan fingerprint density at radius 2 is 2.27 bits per heavy atom. The molecule has 0 unspecified atom stereocenters. The molecule has 0 amide bonds. The maximum atomic E-state index is 5.61. The van der Waals surface area contributed by atoms with E-state index in [9.17, 15) is 0 Å². The van der Waals surface area contributed by atoms with Crippen molar-refractivity contribution in [3.63, 3.8) is 0 Å². The molecule has 1 aromatic heterocycles. The number of rotatable bonds is 0. The predicted molar refractivity (Wildman–Crippen MR) is 48.2 cm³/mol. The molecule has 3 N–H and O–H groups in total. The maximum absolute atomic E-state index is 5.61. The van der Waals surface area contributed by atoms with E-state index in [1.54, 1.807) is 6.33 Å². The van der Waals surface area contributed by atoms with Crippen molar-refractivity contribution in [1.82, 2.24) is 9.97 Å². The Morgan fingerprint density at radius 1 is 1.45 bits per heavy atom. The quantitative estimate of drug-likeness (QED) is 0.655. The van der Waals surface area contributed by atoms with Crippen LogP contribution in [0.2, 0.25) is 0 Å². The molecule has 0 saturated carbocycles. The van der Waals surface area contributed by atoms with Crippen LogP contribution in [0.25, 0.3) is 11.0 Å². The number of hydrogen-bond acceptors (Lipinski definition) is 2. The number of anilines is 1. The van der Waals surface area contributed by atoms with Crippen LogP contribution in [0.5, 0.6) is 0 Å². The molecule has 0 atom stereocenters. The Kier molecular flexibility index (Phi) is 1.35. The van der Waals surface area contributed by atoms with Crippen LogP contribution in [0, 0.1) is 0 Å². The number of nitrogens with two attached hydrogens (primary N) is 1. The number of H-pyrrole nitrogens is 1. The van der Waals surface area contributed by atoms with Crippen molar-refractivity contribution < 1.29 is 0 Å². The highest BCUT2D eigenvalue weighted by atomic mass is 79.9. The number of nitrogens with zero attached hydrogens (tertiary/aromatic N) is 1. The molecule has 4 heteroatoms. The summed E-state index contributed by atoms with van der Waals surface area (Å²) in [4.78, 5) is 7.08. The standard InChI is InChI=1S/C7H6BrN3/c8-5-1-4(9)2-6-7(5)11-3-10-6/h1-3H,9H2,(H,10,11). The van der Waals surface area contributed by atoms with E-state index in [2.05, 4.69) is 25.9 Å². The van der Waals surface area contributed by atoms with Gasteiger partial charge in [-0.1, -0.05) is 0 Å². The SMILES string of the molecule is Nc1cc(Br)c2nc[nH]c2c1. The average molecular weight is 212 g/mol. The number of benzene rings is 1. The number of nitrogen functional groups attached to an aromatic ring is 1. The molecule has 1 heterocycles. The zero-order valence-corrected chi connectivity index (χ0v) is 7.22.